The molecule has 3 aromatic rings. The number of hydrogen-bond acceptors (Lipinski definition) is 8. The molecule has 2 fully saturated rings. The molecule has 2 aliphatic rings. The minimum Gasteiger partial charge on any atom is -0.457 e. The van der Waals surface area contributed by atoms with Gasteiger partial charge in [-0.1, -0.05) is 97.6 Å². The van der Waals surface area contributed by atoms with Crippen LogP contribution in [0.15, 0.2) is 103 Å². The summed E-state index contributed by atoms with van der Waals surface area (Å²) in [6.45, 7) is 5.72. The Kier molecular flexibility index (Phi) is 10.1. The molecule has 0 unspecified atom stereocenters. The van der Waals surface area contributed by atoms with Crippen LogP contribution in [0.3, 0.4) is 0 Å². The number of ether oxygens (including phenoxy) is 6. The van der Waals surface area contributed by atoms with E-state index in [1.807, 2.05) is 91.0 Å². The van der Waals surface area contributed by atoms with Crippen molar-refractivity contribution in [2.45, 2.75) is 57.1 Å². The van der Waals surface area contributed by atoms with Crippen molar-refractivity contribution < 1.29 is 38.0 Å². The lowest BCUT2D eigenvalue weighted by Gasteiger charge is -2.49. The third kappa shape index (κ3) is 7.70. The largest absolute Gasteiger partial charge is 0.457 e. The van der Waals surface area contributed by atoms with Gasteiger partial charge in [0.2, 0.25) is 5.91 Å². The van der Waals surface area contributed by atoms with E-state index in [2.05, 4.69) is 11.9 Å². The molecule has 0 spiro atoms. The predicted molar refractivity (Wildman–Crippen MR) is 153 cm³/mol. The molecule has 1 N–H and O–H groups in total. The van der Waals surface area contributed by atoms with Gasteiger partial charge in [-0.3, -0.25) is 4.79 Å². The summed E-state index contributed by atoms with van der Waals surface area (Å²) in [5, 5.41) is 2.92. The van der Waals surface area contributed by atoms with Crippen LogP contribution in [0.2, 0.25) is 0 Å². The SMILES string of the molecule is C=C(CO[C@H]1[C@H](NC(C)=O)[C@H](OCc2ccccc2)O[C@@H]2CO[C@@H](c3ccccc3)O[C@@H]12)C(=O)OCc1ccccc1. The molecular formula is C33H35NO8. The van der Waals surface area contributed by atoms with Gasteiger partial charge < -0.3 is 33.7 Å². The number of carbonyl (C=O) groups is 2. The number of hydrogen-bond donors (Lipinski definition) is 1. The van der Waals surface area contributed by atoms with Crippen LogP contribution in [0.5, 0.6) is 0 Å². The molecule has 1 amide bonds. The number of benzene rings is 3. The van der Waals surface area contributed by atoms with E-state index in [0.717, 1.165) is 16.7 Å². The fourth-order valence-electron chi connectivity index (χ4n) is 4.91. The van der Waals surface area contributed by atoms with Gasteiger partial charge in [0.05, 0.1) is 25.4 Å². The predicted octanol–water partition coefficient (Wildman–Crippen LogP) is 4.23. The van der Waals surface area contributed by atoms with Gasteiger partial charge in [-0.25, -0.2) is 4.79 Å². The quantitative estimate of drug-likeness (QED) is 0.269. The molecule has 6 atom stereocenters. The van der Waals surface area contributed by atoms with Gasteiger partial charge in [0.1, 0.15) is 31.0 Å². The average molecular weight is 574 g/mol. The first-order valence-corrected chi connectivity index (χ1v) is 13.9. The van der Waals surface area contributed by atoms with Crippen molar-refractivity contribution in [1.29, 1.82) is 0 Å². The Bertz CT molecular complexity index is 1320. The Morgan fingerprint density at radius 1 is 0.857 bits per heavy atom. The highest BCUT2D eigenvalue weighted by Crippen LogP contribution is 2.36. The Morgan fingerprint density at radius 3 is 2.12 bits per heavy atom. The van der Waals surface area contributed by atoms with Gasteiger partial charge in [-0.2, -0.15) is 0 Å². The molecular weight excluding hydrogens is 538 g/mol. The van der Waals surface area contributed by atoms with Crippen LogP contribution >= 0.6 is 0 Å². The summed E-state index contributed by atoms with van der Waals surface area (Å²) in [7, 11) is 0. The molecule has 2 aliphatic heterocycles. The molecule has 9 heteroatoms. The van der Waals surface area contributed by atoms with Crippen LogP contribution in [0.25, 0.3) is 0 Å². The number of nitrogens with one attached hydrogen (secondary N) is 1. The zero-order chi connectivity index (χ0) is 29.3. The summed E-state index contributed by atoms with van der Waals surface area (Å²) >= 11 is 0. The van der Waals surface area contributed by atoms with E-state index in [4.69, 9.17) is 28.4 Å². The van der Waals surface area contributed by atoms with Crippen LogP contribution in [-0.2, 0) is 51.2 Å². The topological polar surface area (TPSA) is 102 Å². The normalized spacial score (nSPS) is 25.2. The minimum absolute atomic E-state index is 0.115. The molecule has 0 aromatic heterocycles. The number of fused-ring (bicyclic) bond motifs is 1. The summed E-state index contributed by atoms with van der Waals surface area (Å²) in [5.74, 6) is -0.873. The number of rotatable bonds is 11. The van der Waals surface area contributed by atoms with Crippen molar-refractivity contribution in [3.05, 3.63) is 120 Å². The monoisotopic (exact) mass is 573 g/mol. The van der Waals surface area contributed by atoms with Crippen LogP contribution in [0.1, 0.15) is 29.9 Å². The highest BCUT2D eigenvalue weighted by atomic mass is 16.7. The highest BCUT2D eigenvalue weighted by Gasteiger charge is 2.51. The number of carbonyl (C=O) groups excluding carboxylic acids is 2. The van der Waals surface area contributed by atoms with Crippen molar-refractivity contribution >= 4 is 11.9 Å². The van der Waals surface area contributed by atoms with Gasteiger partial charge in [0.25, 0.3) is 0 Å². The van der Waals surface area contributed by atoms with Crippen LogP contribution in [0.4, 0.5) is 0 Å². The highest BCUT2D eigenvalue weighted by molar-refractivity contribution is 5.87. The van der Waals surface area contributed by atoms with E-state index in [-0.39, 0.29) is 37.9 Å². The van der Waals surface area contributed by atoms with Crippen molar-refractivity contribution in [2.24, 2.45) is 0 Å². The lowest BCUT2D eigenvalue weighted by Crippen LogP contribution is -2.67. The molecule has 3 aromatic carbocycles. The first-order chi connectivity index (χ1) is 20.5. The molecule has 42 heavy (non-hydrogen) atoms. The molecule has 0 radical (unpaired) electrons. The third-order valence-corrected chi connectivity index (χ3v) is 6.99. The zero-order valence-corrected chi connectivity index (χ0v) is 23.4. The molecule has 0 aliphatic carbocycles. The lowest BCUT2D eigenvalue weighted by atomic mass is 9.95. The van der Waals surface area contributed by atoms with E-state index in [0.29, 0.717) is 0 Å². The summed E-state index contributed by atoms with van der Waals surface area (Å²) < 4.78 is 36.6. The van der Waals surface area contributed by atoms with E-state index in [1.54, 1.807) is 0 Å². The fraction of sp³-hybridized carbons (Fsp3) is 0.333. The van der Waals surface area contributed by atoms with Crippen molar-refractivity contribution in [3.63, 3.8) is 0 Å². The second-order valence-corrected chi connectivity index (χ2v) is 10.2. The maximum Gasteiger partial charge on any atom is 0.336 e. The first kappa shape index (κ1) is 29.6. The Labute approximate surface area is 245 Å². The van der Waals surface area contributed by atoms with Crippen molar-refractivity contribution in [2.75, 3.05) is 13.2 Å². The summed E-state index contributed by atoms with van der Waals surface area (Å²) in [6, 6.07) is 27.8. The van der Waals surface area contributed by atoms with Crippen molar-refractivity contribution in [1.82, 2.24) is 5.32 Å². The van der Waals surface area contributed by atoms with E-state index in [9.17, 15) is 9.59 Å². The van der Waals surface area contributed by atoms with Gasteiger partial charge in [0, 0.05) is 12.5 Å². The Hall–Kier alpha value is -3.86. The van der Waals surface area contributed by atoms with E-state index >= 15 is 0 Å². The second kappa shape index (κ2) is 14.4. The number of esters is 1. The van der Waals surface area contributed by atoms with Gasteiger partial charge in [-0.15, -0.1) is 0 Å². The van der Waals surface area contributed by atoms with Gasteiger partial charge >= 0.3 is 5.97 Å². The molecule has 2 saturated heterocycles. The van der Waals surface area contributed by atoms with Gasteiger partial charge in [-0.05, 0) is 11.1 Å². The standard InChI is InChI=1S/C33H35NO8/c1-22(31(36)38-19-24-12-6-3-7-13-24)18-37-30-28(34-23(2)35)33(39-20-25-14-8-4-9-15-25)41-27-21-40-32(42-29(27)30)26-16-10-5-11-17-26/h3-17,27-30,32-33H,1,18-21H2,2H3,(H,34,35)/t27-,28+,29-,30+,32-,33-/m1/s1. The fourth-order valence-corrected chi connectivity index (χ4v) is 4.91. The Morgan fingerprint density at radius 2 is 1.48 bits per heavy atom. The van der Waals surface area contributed by atoms with E-state index in [1.165, 1.54) is 6.92 Å². The van der Waals surface area contributed by atoms with Gasteiger partial charge in [0.15, 0.2) is 12.6 Å². The molecule has 9 nitrogen and oxygen atoms in total. The summed E-state index contributed by atoms with van der Waals surface area (Å²) in [5.41, 5.74) is 2.77. The zero-order valence-electron chi connectivity index (χ0n) is 23.4. The van der Waals surface area contributed by atoms with Crippen molar-refractivity contribution in [3.8, 4) is 0 Å². The molecule has 220 valence electrons. The van der Waals surface area contributed by atoms with Crippen LogP contribution in [0, 0.1) is 0 Å². The third-order valence-electron chi connectivity index (χ3n) is 6.99. The number of amides is 1. The van der Waals surface area contributed by atoms with Crippen LogP contribution < -0.4 is 5.32 Å². The lowest BCUT2D eigenvalue weighted by molar-refractivity contribution is -0.349. The maximum atomic E-state index is 12.7. The molecule has 5 rings (SSSR count). The Balaban J connectivity index is 1.33. The van der Waals surface area contributed by atoms with Crippen LogP contribution in [-0.4, -0.2) is 55.7 Å². The average Bonchev–Trinajstić information content (AvgIpc) is 3.03. The smallest absolute Gasteiger partial charge is 0.336 e. The maximum absolute atomic E-state index is 12.7. The summed E-state index contributed by atoms with van der Waals surface area (Å²) in [4.78, 5) is 25.1. The first-order valence-electron chi connectivity index (χ1n) is 13.9. The molecule has 2 heterocycles. The minimum atomic E-state index is -0.876. The second-order valence-electron chi connectivity index (χ2n) is 10.2. The molecule has 0 bridgehead atoms. The molecule has 0 saturated carbocycles. The van der Waals surface area contributed by atoms with E-state index < -0.39 is 42.9 Å². The summed E-state index contributed by atoms with van der Waals surface area (Å²) in [6.07, 6.45) is -3.51.